The molecule has 17 heavy (non-hydrogen) atoms. The molecule has 4 heteroatoms. The van der Waals surface area contributed by atoms with Gasteiger partial charge in [0.25, 0.3) is 0 Å². The van der Waals surface area contributed by atoms with Crippen molar-refractivity contribution in [2.75, 3.05) is 6.54 Å². The first-order chi connectivity index (χ1) is 8.40. The Kier molecular flexibility index (Phi) is 2.73. The van der Waals surface area contributed by atoms with Crippen LogP contribution in [0.3, 0.4) is 0 Å². The van der Waals surface area contributed by atoms with Gasteiger partial charge in [0.05, 0.1) is 11.8 Å². The van der Waals surface area contributed by atoms with Crippen LogP contribution in [0.1, 0.15) is 30.4 Å². The Labute approximate surface area is 100.0 Å². The third kappa shape index (κ3) is 1.78. The normalized spacial score (nSPS) is 13.5. The van der Waals surface area contributed by atoms with Gasteiger partial charge in [-0.25, -0.2) is 0 Å². The van der Waals surface area contributed by atoms with Crippen LogP contribution in [-0.4, -0.2) is 11.7 Å². The van der Waals surface area contributed by atoms with Crippen molar-refractivity contribution in [2.24, 2.45) is 0 Å². The number of aryl methyl sites for hydroxylation is 1. The quantitative estimate of drug-likeness (QED) is 0.823. The predicted molar refractivity (Wildman–Crippen MR) is 63.6 cm³/mol. The Morgan fingerprint density at radius 3 is 3.24 bits per heavy atom. The minimum absolute atomic E-state index is 0.792. The monoisotopic (exact) mass is 232 g/mol. The molecule has 0 saturated carbocycles. The Bertz CT molecular complexity index is 513. The second-order valence-corrected chi connectivity index (χ2v) is 4.37. The van der Waals surface area contributed by atoms with E-state index in [4.69, 9.17) is 8.94 Å². The topological polar surface area (TPSA) is 51.2 Å². The molecule has 0 aromatic carbocycles. The van der Waals surface area contributed by atoms with Crippen LogP contribution in [0.15, 0.2) is 21.3 Å². The Morgan fingerprint density at radius 2 is 2.35 bits per heavy atom. The zero-order chi connectivity index (χ0) is 11.7. The van der Waals surface area contributed by atoms with Gasteiger partial charge in [-0.3, -0.25) is 0 Å². The molecule has 1 N–H and O–H groups in total. The predicted octanol–water partition coefficient (Wildman–Crippen LogP) is 2.53. The van der Waals surface area contributed by atoms with Gasteiger partial charge in [-0.2, -0.15) is 0 Å². The average Bonchev–Trinajstić information content (AvgIpc) is 2.94. The van der Waals surface area contributed by atoms with Gasteiger partial charge in [-0.05, 0) is 25.5 Å². The van der Waals surface area contributed by atoms with Crippen molar-refractivity contribution in [1.29, 1.82) is 0 Å². The summed E-state index contributed by atoms with van der Waals surface area (Å²) in [5.41, 5.74) is 3.35. The molecule has 1 aliphatic carbocycles. The molecule has 0 bridgehead atoms. The molecular formula is C13H16N2O2. The van der Waals surface area contributed by atoms with Crippen LogP contribution in [0.25, 0.3) is 11.3 Å². The first-order valence-electron chi connectivity index (χ1n) is 6.15. The fourth-order valence-electron chi connectivity index (χ4n) is 2.31. The Hall–Kier alpha value is -1.55. The SMILES string of the molecule is CCCNCc1noc2c1CCc1occc1-2. The Balaban J connectivity index is 1.87. The summed E-state index contributed by atoms with van der Waals surface area (Å²) in [5, 5.41) is 7.53. The van der Waals surface area contributed by atoms with Crippen molar-refractivity contribution in [3.8, 4) is 11.3 Å². The largest absolute Gasteiger partial charge is 0.469 e. The van der Waals surface area contributed by atoms with Crippen molar-refractivity contribution in [2.45, 2.75) is 32.7 Å². The number of furan rings is 1. The molecule has 2 aromatic rings. The van der Waals surface area contributed by atoms with Crippen molar-refractivity contribution in [3.05, 3.63) is 29.3 Å². The standard InChI is InChI=1S/C13H16N2O2/c1-2-6-14-8-11-9-3-4-12-10(5-7-16-12)13(9)17-15-11/h5,7,14H,2-4,6,8H2,1H3. The highest BCUT2D eigenvalue weighted by molar-refractivity contribution is 5.66. The number of nitrogens with one attached hydrogen (secondary N) is 1. The van der Waals surface area contributed by atoms with Gasteiger partial charge in [0.2, 0.25) is 0 Å². The second-order valence-electron chi connectivity index (χ2n) is 4.37. The van der Waals surface area contributed by atoms with E-state index in [1.54, 1.807) is 6.26 Å². The maximum Gasteiger partial charge on any atom is 0.173 e. The zero-order valence-corrected chi connectivity index (χ0v) is 9.95. The number of hydrogen-bond acceptors (Lipinski definition) is 4. The molecule has 0 amide bonds. The highest BCUT2D eigenvalue weighted by atomic mass is 16.5. The van der Waals surface area contributed by atoms with E-state index in [9.17, 15) is 0 Å². The van der Waals surface area contributed by atoms with Gasteiger partial charge in [-0.1, -0.05) is 12.1 Å². The van der Waals surface area contributed by atoms with Crippen LogP contribution < -0.4 is 5.32 Å². The minimum Gasteiger partial charge on any atom is -0.469 e. The maximum absolute atomic E-state index is 5.45. The molecule has 2 heterocycles. The Morgan fingerprint density at radius 1 is 1.41 bits per heavy atom. The van der Waals surface area contributed by atoms with E-state index in [0.717, 1.165) is 55.1 Å². The van der Waals surface area contributed by atoms with Crippen molar-refractivity contribution < 1.29 is 8.94 Å². The highest BCUT2D eigenvalue weighted by Crippen LogP contribution is 2.35. The molecule has 0 unspecified atom stereocenters. The summed E-state index contributed by atoms with van der Waals surface area (Å²) < 4.78 is 10.9. The molecule has 0 atom stereocenters. The number of nitrogens with zero attached hydrogens (tertiary/aromatic N) is 1. The van der Waals surface area contributed by atoms with Crippen molar-refractivity contribution >= 4 is 0 Å². The minimum atomic E-state index is 0.792. The summed E-state index contributed by atoms with van der Waals surface area (Å²) in [5.74, 6) is 1.91. The van der Waals surface area contributed by atoms with Crippen LogP contribution in [0, 0.1) is 0 Å². The van der Waals surface area contributed by atoms with Gasteiger partial charge in [0, 0.05) is 18.5 Å². The van der Waals surface area contributed by atoms with Crippen LogP contribution >= 0.6 is 0 Å². The second kappa shape index (κ2) is 4.37. The van der Waals surface area contributed by atoms with Crippen LogP contribution in [-0.2, 0) is 19.4 Å². The lowest BCUT2D eigenvalue weighted by atomic mass is 9.95. The summed E-state index contributed by atoms with van der Waals surface area (Å²) in [6.07, 6.45) is 4.75. The van der Waals surface area contributed by atoms with Crippen LogP contribution in [0.4, 0.5) is 0 Å². The molecule has 90 valence electrons. The fourth-order valence-corrected chi connectivity index (χ4v) is 2.31. The lowest BCUT2D eigenvalue weighted by molar-refractivity contribution is 0.417. The first kappa shape index (κ1) is 10.6. The van der Waals surface area contributed by atoms with Gasteiger partial charge >= 0.3 is 0 Å². The van der Waals surface area contributed by atoms with Crippen molar-refractivity contribution in [1.82, 2.24) is 10.5 Å². The number of aromatic nitrogens is 1. The lowest BCUT2D eigenvalue weighted by Crippen LogP contribution is -2.15. The van der Waals surface area contributed by atoms with Crippen LogP contribution in [0.5, 0.6) is 0 Å². The smallest absolute Gasteiger partial charge is 0.173 e. The molecule has 0 radical (unpaired) electrons. The molecule has 4 nitrogen and oxygen atoms in total. The zero-order valence-electron chi connectivity index (χ0n) is 9.95. The third-order valence-corrected chi connectivity index (χ3v) is 3.18. The molecule has 2 aromatic heterocycles. The van der Waals surface area contributed by atoms with E-state index in [1.807, 2.05) is 6.07 Å². The molecule has 3 rings (SSSR count). The summed E-state index contributed by atoms with van der Waals surface area (Å²) >= 11 is 0. The third-order valence-electron chi connectivity index (χ3n) is 3.18. The molecule has 1 aliphatic rings. The van der Waals surface area contributed by atoms with E-state index >= 15 is 0 Å². The number of fused-ring (bicyclic) bond motifs is 3. The molecule has 0 fully saturated rings. The highest BCUT2D eigenvalue weighted by Gasteiger charge is 2.25. The number of hydrogen-bond donors (Lipinski definition) is 1. The summed E-state index contributed by atoms with van der Waals surface area (Å²) in [6.45, 7) is 3.96. The molecular weight excluding hydrogens is 216 g/mol. The summed E-state index contributed by atoms with van der Waals surface area (Å²) in [7, 11) is 0. The van der Waals surface area contributed by atoms with Crippen molar-refractivity contribution in [3.63, 3.8) is 0 Å². The summed E-state index contributed by atoms with van der Waals surface area (Å²) in [4.78, 5) is 0. The van der Waals surface area contributed by atoms with E-state index < -0.39 is 0 Å². The van der Waals surface area contributed by atoms with Gasteiger partial charge in [0.15, 0.2) is 5.76 Å². The van der Waals surface area contributed by atoms with E-state index in [2.05, 4.69) is 17.4 Å². The van der Waals surface area contributed by atoms with E-state index in [-0.39, 0.29) is 0 Å². The van der Waals surface area contributed by atoms with Gasteiger partial charge in [0.1, 0.15) is 11.5 Å². The average molecular weight is 232 g/mol. The van der Waals surface area contributed by atoms with Crippen LogP contribution in [0.2, 0.25) is 0 Å². The van der Waals surface area contributed by atoms with E-state index in [0.29, 0.717) is 0 Å². The maximum atomic E-state index is 5.45. The molecule has 0 spiro atoms. The van der Waals surface area contributed by atoms with Gasteiger partial charge < -0.3 is 14.3 Å². The van der Waals surface area contributed by atoms with Gasteiger partial charge in [-0.15, -0.1) is 0 Å². The molecule has 0 aliphatic heterocycles. The lowest BCUT2D eigenvalue weighted by Gasteiger charge is -2.09. The number of rotatable bonds is 4. The molecule has 0 saturated heterocycles. The van der Waals surface area contributed by atoms with E-state index in [1.165, 1.54) is 5.56 Å². The summed E-state index contributed by atoms with van der Waals surface area (Å²) in [6, 6.07) is 1.96. The fraction of sp³-hybridized carbons (Fsp3) is 0.462. The first-order valence-corrected chi connectivity index (χ1v) is 6.15.